The number of carbonyl (C=O) groups is 1. The standard InChI is InChI=1S/C12H14Cl2N2O2/c13-8-3-7(5-16-9-1-2-9)12(10(14)4-8)18-6-11(15)17/h3-4,9,16H,1-2,5-6H2,(H2,15,17)/p+1. The van der Waals surface area contributed by atoms with Crippen LogP contribution in [0.4, 0.5) is 0 Å². The molecule has 1 saturated carbocycles. The summed E-state index contributed by atoms with van der Waals surface area (Å²) in [5.41, 5.74) is 5.95. The maximum atomic E-state index is 10.8. The minimum absolute atomic E-state index is 0.183. The van der Waals surface area contributed by atoms with E-state index < -0.39 is 5.91 Å². The number of quaternary nitrogens is 1. The van der Waals surface area contributed by atoms with E-state index in [1.807, 2.05) is 6.07 Å². The summed E-state index contributed by atoms with van der Waals surface area (Å²) in [4.78, 5) is 10.8. The first-order valence-electron chi connectivity index (χ1n) is 5.78. The van der Waals surface area contributed by atoms with Crippen molar-refractivity contribution in [2.24, 2.45) is 5.73 Å². The van der Waals surface area contributed by atoms with Crippen LogP contribution in [-0.4, -0.2) is 18.6 Å². The molecule has 0 heterocycles. The molecule has 98 valence electrons. The van der Waals surface area contributed by atoms with Crippen LogP contribution in [-0.2, 0) is 11.3 Å². The Morgan fingerprint density at radius 1 is 1.44 bits per heavy atom. The number of rotatable bonds is 6. The molecule has 6 heteroatoms. The summed E-state index contributed by atoms with van der Waals surface area (Å²) >= 11 is 12.0. The average molecular weight is 290 g/mol. The molecule has 4 nitrogen and oxygen atoms in total. The summed E-state index contributed by atoms with van der Waals surface area (Å²) in [7, 11) is 0. The molecule has 0 aromatic heterocycles. The van der Waals surface area contributed by atoms with Crippen molar-refractivity contribution in [3.8, 4) is 5.75 Å². The average Bonchev–Trinajstić information content (AvgIpc) is 3.08. The van der Waals surface area contributed by atoms with Crippen molar-refractivity contribution in [1.29, 1.82) is 0 Å². The van der Waals surface area contributed by atoms with E-state index in [-0.39, 0.29) is 6.61 Å². The normalized spacial score (nSPS) is 14.6. The number of nitrogens with two attached hydrogens (primary N) is 2. The SMILES string of the molecule is NC(=O)COc1c(Cl)cc(Cl)cc1C[NH2+]C1CC1. The van der Waals surface area contributed by atoms with Crippen molar-refractivity contribution in [1.82, 2.24) is 0 Å². The van der Waals surface area contributed by atoms with Gasteiger partial charge in [0, 0.05) is 17.9 Å². The molecule has 0 unspecified atom stereocenters. The van der Waals surface area contributed by atoms with Gasteiger partial charge < -0.3 is 15.8 Å². The van der Waals surface area contributed by atoms with Gasteiger partial charge >= 0.3 is 0 Å². The van der Waals surface area contributed by atoms with Gasteiger partial charge in [0.25, 0.3) is 5.91 Å². The van der Waals surface area contributed by atoms with Gasteiger partial charge in [0.2, 0.25) is 0 Å². The molecule has 0 saturated heterocycles. The highest BCUT2D eigenvalue weighted by Crippen LogP contribution is 2.32. The largest absolute Gasteiger partial charge is 0.482 e. The Labute approximate surface area is 115 Å². The quantitative estimate of drug-likeness (QED) is 0.823. The molecule has 2 rings (SSSR count). The van der Waals surface area contributed by atoms with Gasteiger partial charge in [0.05, 0.1) is 16.6 Å². The molecule has 4 N–H and O–H groups in total. The Morgan fingerprint density at radius 2 is 2.17 bits per heavy atom. The zero-order valence-corrected chi connectivity index (χ0v) is 11.3. The summed E-state index contributed by atoms with van der Waals surface area (Å²) in [5.74, 6) is -0.0325. The Bertz CT molecular complexity index is 462. The van der Waals surface area contributed by atoms with E-state index in [1.165, 1.54) is 12.8 Å². The summed E-state index contributed by atoms with van der Waals surface area (Å²) in [6.45, 7) is 0.552. The summed E-state index contributed by atoms with van der Waals surface area (Å²) in [6.07, 6.45) is 2.48. The van der Waals surface area contributed by atoms with Crippen molar-refractivity contribution in [3.63, 3.8) is 0 Å². The topological polar surface area (TPSA) is 68.9 Å². The number of benzene rings is 1. The molecule has 1 fully saturated rings. The van der Waals surface area contributed by atoms with E-state index in [4.69, 9.17) is 33.7 Å². The molecule has 1 amide bonds. The lowest BCUT2D eigenvalue weighted by Gasteiger charge is -2.12. The van der Waals surface area contributed by atoms with Gasteiger partial charge in [-0.05, 0) is 12.1 Å². The predicted octanol–water partition coefficient (Wildman–Crippen LogP) is 1.08. The second-order valence-electron chi connectivity index (χ2n) is 4.41. The van der Waals surface area contributed by atoms with E-state index in [1.54, 1.807) is 6.07 Å². The molecule has 1 aliphatic carbocycles. The highest BCUT2D eigenvalue weighted by molar-refractivity contribution is 6.35. The first-order valence-corrected chi connectivity index (χ1v) is 6.54. The number of primary amides is 1. The first-order chi connectivity index (χ1) is 8.56. The van der Waals surface area contributed by atoms with Crippen LogP contribution < -0.4 is 15.8 Å². The Hall–Kier alpha value is -0.970. The second kappa shape index (κ2) is 5.78. The van der Waals surface area contributed by atoms with Gasteiger partial charge in [-0.15, -0.1) is 0 Å². The number of ether oxygens (including phenoxy) is 1. The Balaban J connectivity index is 2.13. The van der Waals surface area contributed by atoms with Crippen molar-refractivity contribution >= 4 is 29.1 Å². The molecule has 0 spiro atoms. The van der Waals surface area contributed by atoms with Crippen molar-refractivity contribution in [2.75, 3.05) is 6.61 Å². The lowest BCUT2D eigenvalue weighted by molar-refractivity contribution is -0.683. The number of amides is 1. The molecular formula is C12H15Cl2N2O2+. The van der Waals surface area contributed by atoms with E-state index in [0.717, 1.165) is 12.1 Å². The molecule has 1 aromatic rings. The predicted molar refractivity (Wildman–Crippen MR) is 69.8 cm³/mol. The lowest BCUT2D eigenvalue weighted by atomic mass is 10.2. The van der Waals surface area contributed by atoms with E-state index >= 15 is 0 Å². The molecule has 0 radical (unpaired) electrons. The molecule has 18 heavy (non-hydrogen) atoms. The molecule has 0 bridgehead atoms. The third-order valence-electron chi connectivity index (χ3n) is 2.74. The molecular weight excluding hydrogens is 275 g/mol. The van der Waals surface area contributed by atoms with Gasteiger partial charge in [-0.3, -0.25) is 4.79 Å². The maximum absolute atomic E-state index is 10.8. The highest BCUT2D eigenvalue weighted by Gasteiger charge is 2.25. The van der Waals surface area contributed by atoms with Crippen molar-refractivity contribution < 1.29 is 14.8 Å². The zero-order valence-electron chi connectivity index (χ0n) is 9.79. The van der Waals surface area contributed by atoms with Crippen molar-refractivity contribution in [2.45, 2.75) is 25.4 Å². The first kappa shape index (κ1) is 13.5. The van der Waals surface area contributed by atoms with Crippen molar-refractivity contribution in [3.05, 3.63) is 27.7 Å². The molecule has 1 aromatic carbocycles. The summed E-state index contributed by atoms with van der Waals surface area (Å²) in [6, 6.07) is 4.09. The lowest BCUT2D eigenvalue weighted by Crippen LogP contribution is -2.84. The van der Waals surface area contributed by atoms with Crippen LogP contribution in [0.3, 0.4) is 0 Å². The smallest absolute Gasteiger partial charge is 0.255 e. The van der Waals surface area contributed by atoms with Crippen LogP contribution in [0.25, 0.3) is 0 Å². The van der Waals surface area contributed by atoms with Gasteiger partial charge in [-0.2, -0.15) is 0 Å². The number of carbonyl (C=O) groups excluding carboxylic acids is 1. The zero-order chi connectivity index (χ0) is 13.1. The maximum Gasteiger partial charge on any atom is 0.255 e. The number of hydrogen-bond acceptors (Lipinski definition) is 2. The summed E-state index contributed by atoms with van der Waals surface area (Å²) in [5, 5.41) is 3.19. The van der Waals surface area contributed by atoms with Gasteiger partial charge in [0.15, 0.2) is 6.61 Å². The monoisotopic (exact) mass is 289 g/mol. The Kier molecular flexibility index (Phi) is 4.32. The molecule has 0 atom stereocenters. The van der Waals surface area contributed by atoms with E-state index in [0.29, 0.717) is 21.8 Å². The highest BCUT2D eigenvalue weighted by atomic mass is 35.5. The third kappa shape index (κ3) is 3.77. The minimum Gasteiger partial charge on any atom is -0.482 e. The fourth-order valence-electron chi connectivity index (χ4n) is 1.70. The van der Waals surface area contributed by atoms with Crippen LogP contribution in [0.15, 0.2) is 12.1 Å². The van der Waals surface area contributed by atoms with Crippen LogP contribution in [0, 0.1) is 0 Å². The van der Waals surface area contributed by atoms with E-state index in [2.05, 4.69) is 5.32 Å². The number of halogens is 2. The van der Waals surface area contributed by atoms with Gasteiger partial charge in [-0.25, -0.2) is 0 Å². The second-order valence-corrected chi connectivity index (χ2v) is 5.25. The van der Waals surface area contributed by atoms with Crippen LogP contribution in [0.5, 0.6) is 5.75 Å². The van der Waals surface area contributed by atoms with Gasteiger partial charge in [-0.1, -0.05) is 23.2 Å². The number of hydrogen-bond donors (Lipinski definition) is 2. The fourth-order valence-corrected chi connectivity index (χ4v) is 2.29. The molecule has 0 aliphatic heterocycles. The van der Waals surface area contributed by atoms with Gasteiger partial charge in [0.1, 0.15) is 12.3 Å². The van der Waals surface area contributed by atoms with Crippen LogP contribution in [0.1, 0.15) is 18.4 Å². The van der Waals surface area contributed by atoms with Crippen LogP contribution >= 0.6 is 23.2 Å². The van der Waals surface area contributed by atoms with Crippen LogP contribution in [0.2, 0.25) is 10.0 Å². The Morgan fingerprint density at radius 3 is 2.78 bits per heavy atom. The molecule has 1 aliphatic rings. The third-order valence-corrected chi connectivity index (χ3v) is 3.24. The summed E-state index contributed by atoms with van der Waals surface area (Å²) < 4.78 is 5.35. The fraction of sp³-hybridized carbons (Fsp3) is 0.417. The minimum atomic E-state index is -0.530. The van der Waals surface area contributed by atoms with E-state index in [9.17, 15) is 4.79 Å².